The van der Waals surface area contributed by atoms with E-state index in [0.717, 1.165) is 18.2 Å². The summed E-state index contributed by atoms with van der Waals surface area (Å²) in [6, 6.07) is 0. The Morgan fingerprint density at radius 1 is 1.33 bits per heavy atom. The van der Waals surface area contributed by atoms with Crippen LogP contribution < -0.4 is 0 Å². The maximum absolute atomic E-state index is 11.3. The zero-order valence-corrected chi connectivity index (χ0v) is 9.37. The highest BCUT2D eigenvalue weighted by molar-refractivity contribution is 5.95. The van der Waals surface area contributed by atoms with E-state index in [1.807, 2.05) is 0 Å². The van der Waals surface area contributed by atoms with Gasteiger partial charge in [-0.05, 0) is 6.42 Å². The second-order valence-corrected chi connectivity index (χ2v) is 3.91. The third-order valence-electron chi connectivity index (χ3n) is 2.85. The predicted molar refractivity (Wildman–Crippen MR) is 60.9 cm³/mol. The molecule has 6 nitrogen and oxygen atoms in total. The van der Waals surface area contributed by atoms with E-state index in [4.69, 9.17) is 10.2 Å². The van der Waals surface area contributed by atoms with Crippen LogP contribution in [0.3, 0.4) is 0 Å². The Balaban J connectivity index is 3.33. The molecule has 0 aromatic carbocycles. The van der Waals surface area contributed by atoms with E-state index in [1.165, 1.54) is 6.08 Å². The molecule has 96 valence electrons. The fraction of sp³-hybridized carbons (Fsp3) is 0.250. The number of allylic oxidation sites excluding steroid dienone is 1. The Kier molecular flexibility index (Phi) is 3.70. The van der Waals surface area contributed by atoms with Crippen molar-refractivity contribution in [2.45, 2.75) is 6.42 Å². The fourth-order valence-electron chi connectivity index (χ4n) is 1.89. The summed E-state index contributed by atoms with van der Waals surface area (Å²) in [5.41, 5.74) is -1.92. The lowest BCUT2D eigenvalue weighted by Crippen LogP contribution is -2.41. The van der Waals surface area contributed by atoms with Crippen LogP contribution in [0, 0.1) is 11.3 Å². The molecule has 0 spiro atoms. The normalized spacial score (nSPS) is 26.2. The van der Waals surface area contributed by atoms with Crippen molar-refractivity contribution >= 4 is 17.9 Å². The summed E-state index contributed by atoms with van der Waals surface area (Å²) < 4.78 is 0. The number of aliphatic carboxylic acids is 3. The number of rotatable bonds is 5. The molecule has 3 N–H and O–H groups in total. The van der Waals surface area contributed by atoms with Crippen LogP contribution in [0.25, 0.3) is 0 Å². The first-order chi connectivity index (χ1) is 8.35. The Bertz CT molecular complexity index is 473. The molecule has 0 saturated heterocycles. The van der Waals surface area contributed by atoms with E-state index >= 15 is 0 Å². The number of hydrogen-bond donors (Lipinski definition) is 3. The standard InChI is InChI=1S/C12H12O6/c1-2-4-12(11(17)18)5-3-7(9(13)14)6-8(12)10(15)16/h2-3,5-6,8H,1,4H2,(H,13,14)(H,15,16)(H,17,18). The maximum atomic E-state index is 11.3. The molecule has 0 aromatic rings. The third kappa shape index (κ3) is 2.17. The molecule has 0 aromatic heterocycles. The van der Waals surface area contributed by atoms with Gasteiger partial charge in [-0.15, -0.1) is 6.58 Å². The van der Waals surface area contributed by atoms with Gasteiger partial charge in [0, 0.05) is 0 Å². The lowest BCUT2D eigenvalue weighted by molar-refractivity contribution is -0.156. The van der Waals surface area contributed by atoms with Crippen LogP contribution in [0.2, 0.25) is 0 Å². The van der Waals surface area contributed by atoms with Gasteiger partial charge >= 0.3 is 17.9 Å². The summed E-state index contributed by atoms with van der Waals surface area (Å²) in [5.74, 6) is -5.45. The highest BCUT2D eigenvalue weighted by Crippen LogP contribution is 2.39. The predicted octanol–water partition coefficient (Wildman–Crippen LogP) is 0.915. The zero-order valence-electron chi connectivity index (χ0n) is 9.37. The Labute approximate surface area is 103 Å². The number of carboxylic acid groups (broad SMARTS) is 3. The minimum Gasteiger partial charge on any atom is -0.481 e. The SMILES string of the molecule is C=CCC1(C(=O)O)C=CC(C(=O)O)=CC1C(=O)O. The monoisotopic (exact) mass is 252 g/mol. The molecule has 0 fully saturated rings. The second-order valence-electron chi connectivity index (χ2n) is 3.91. The summed E-state index contributed by atoms with van der Waals surface area (Å²) in [6.45, 7) is 3.40. The van der Waals surface area contributed by atoms with Crippen molar-refractivity contribution in [3.8, 4) is 0 Å². The van der Waals surface area contributed by atoms with Gasteiger partial charge in [-0.3, -0.25) is 9.59 Å². The Morgan fingerprint density at radius 2 is 1.94 bits per heavy atom. The first-order valence-corrected chi connectivity index (χ1v) is 5.06. The van der Waals surface area contributed by atoms with E-state index in [9.17, 15) is 19.5 Å². The number of carbonyl (C=O) groups is 3. The quantitative estimate of drug-likeness (QED) is 0.627. The van der Waals surface area contributed by atoms with E-state index in [-0.39, 0.29) is 12.0 Å². The minimum absolute atomic E-state index is 0.0980. The van der Waals surface area contributed by atoms with Crippen molar-refractivity contribution in [3.05, 3.63) is 36.5 Å². The summed E-state index contributed by atoms with van der Waals surface area (Å²) in [7, 11) is 0. The third-order valence-corrected chi connectivity index (χ3v) is 2.85. The molecule has 0 heterocycles. The molecule has 1 aliphatic rings. The lowest BCUT2D eigenvalue weighted by Gasteiger charge is -2.31. The molecule has 18 heavy (non-hydrogen) atoms. The molecule has 0 saturated carbocycles. The van der Waals surface area contributed by atoms with Crippen LogP contribution in [-0.2, 0) is 14.4 Å². The highest BCUT2D eigenvalue weighted by atomic mass is 16.4. The van der Waals surface area contributed by atoms with Crippen LogP contribution in [-0.4, -0.2) is 33.2 Å². The second kappa shape index (κ2) is 4.87. The largest absolute Gasteiger partial charge is 0.481 e. The van der Waals surface area contributed by atoms with E-state index in [0.29, 0.717) is 0 Å². The first kappa shape index (κ1) is 13.7. The van der Waals surface area contributed by atoms with Gasteiger partial charge in [0.2, 0.25) is 0 Å². The molecular formula is C12H12O6. The topological polar surface area (TPSA) is 112 Å². The number of carboxylic acids is 3. The zero-order chi connectivity index (χ0) is 13.9. The lowest BCUT2D eigenvalue weighted by atomic mass is 9.69. The van der Waals surface area contributed by atoms with Crippen molar-refractivity contribution in [1.29, 1.82) is 0 Å². The van der Waals surface area contributed by atoms with Crippen molar-refractivity contribution in [3.63, 3.8) is 0 Å². The van der Waals surface area contributed by atoms with Gasteiger partial charge in [-0.2, -0.15) is 0 Å². The van der Waals surface area contributed by atoms with Gasteiger partial charge in [0.1, 0.15) is 5.41 Å². The summed E-state index contributed by atoms with van der Waals surface area (Å²) in [6.07, 6.45) is 4.37. The first-order valence-electron chi connectivity index (χ1n) is 5.06. The molecule has 6 heteroatoms. The molecule has 0 bridgehead atoms. The van der Waals surface area contributed by atoms with Gasteiger partial charge < -0.3 is 15.3 Å². The summed E-state index contributed by atoms with van der Waals surface area (Å²) >= 11 is 0. The van der Waals surface area contributed by atoms with Crippen molar-refractivity contribution in [2.24, 2.45) is 11.3 Å². The highest BCUT2D eigenvalue weighted by Gasteiger charge is 2.47. The van der Waals surface area contributed by atoms with Crippen LogP contribution >= 0.6 is 0 Å². The fourth-order valence-corrected chi connectivity index (χ4v) is 1.89. The van der Waals surface area contributed by atoms with Crippen molar-refractivity contribution in [2.75, 3.05) is 0 Å². The average Bonchev–Trinajstić information content (AvgIpc) is 2.28. The van der Waals surface area contributed by atoms with Gasteiger partial charge in [-0.25, -0.2) is 4.79 Å². The van der Waals surface area contributed by atoms with Crippen LogP contribution in [0.4, 0.5) is 0 Å². The summed E-state index contributed by atoms with van der Waals surface area (Å²) in [4.78, 5) is 33.2. The minimum atomic E-state index is -1.69. The van der Waals surface area contributed by atoms with Gasteiger partial charge in [0.05, 0.1) is 11.5 Å². The molecule has 1 aliphatic carbocycles. The smallest absolute Gasteiger partial charge is 0.335 e. The van der Waals surface area contributed by atoms with Crippen LogP contribution in [0.15, 0.2) is 36.5 Å². The molecule has 0 amide bonds. The van der Waals surface area contributed by atoms with Crippen LogP contribution in [0.5, 0.6) is 0 Å². The van der Waals surface area contributed by atoms with Gasteiger partial charge in [0.15, 0.2) is 0 Å². The maximum Gasteiger partial charge on any atom is 0.335 e. The molecule has 1 rings (SSSR count). The van der Waals surface area contributed by atoms with Crippen LogP contribution in [0.1, 0.15) is 6.42 Å². The van der Waals surface area contributed by atoms with Crippen molar-refractivity contribution in [1.82, 2.24) is 0 Å². The van der Waals surface area contributed by atoms with Gasteiger partial charge in [-0.1, -0.05) is 24.3 Å². The summed E-state index contributed by atoms with van der Waals surface area (Å²) in [5, 5.41) is 27.1. The molecule has 2 unspecified atom stereocenters. The van der Waals surface area contributed by atoms with E-state index in [1.54, 1.807) is 0 Å². The van der Waals surface area contributed by atoms with Gasteiger partial charge in [0.25, 0.3) is 0 Å². The van der Waals surface area contributed by atoms with E-state index in [2.05, 4.69) is 6.58 Å². The van der Waals surface area contributed by atoms with Crippen molar-refractivity contribution < 1.29 is 29.7 Å². The molecular weight excluding hydrogens is 240 g/mol. The van der Waals surface area contributed by atoms with E-state index < -0.39 is 29.2 Å². The number of hydrogen-bond acceptors (Lipinski definition) is 3. The Morgan fingerprint density at radius 3 is 2.33 bits per heavy atom. The molecule has 0 radical (unpaired) electrons. The average molecular weight is 252 g/mol. The molecule has 2 atom stereocenters. The Hall–Kier alpha value is -2.37. The molecule has 0 aliphatic heterocycles.